The lowest BCUT2D eigenvalue weighted by atomic mass is 9.78. The smallest absolute Gasteiger partial charge is 0.222 e. The summed E-state index contributed by atoms with van der Waals surface area (Å²) in [6, 6.07) is 0.125. The lowest BCUT2D eigenvalue weighted by Gasteiger charge is -2.42. The quantitative estimate of drug-likeness (QED) is 0.850. The first-order valence-corrected chi connectivity index (χ1v) is 8.02. The van der Waals surface area contributed by atoms with Crippen LogP contribution in [0.4, 0.5) is 0 Å². The summed E-state index contributed by atoms with van der Waals surface area (Å²) < 4.78 is 0. The number of hydrogen-bond acceptors (Lipinski definition) is 2. The lowest BCUT2D eigenvalue weighted by Crippen LogP contribution is -2.54. The molecule has 2 aliphatic rings. The van der Waals surface area contributed by atoms with Crippen LogP contribution in [0.3, 0.4) is 0 Å². The van der Waals surface area contributed by atoms with Gasteiger partial charge < -0.3 is 10.6 Å². The van der Waals surface area contributed by atoms with E-state index in [-0.39, 0.29) is 11.5 Å². The number of nitrogens with two attached hydrogens (primary N) is 1. The molecule has 1 atom stereocenters. The summed E-state index contributed by atoms with van der Waals surface area (Å²) in [5, 5.41) is 0. The third-order valence-corrected chi connectivity index (χ3v) is 5.28. The van der Waals surface area contributed by atoms with Gasteiger partial charge in [-0.2, -0.15) is 0 Å². The third-order valence-electron chi connectivity index (χ3n) is 5.28. The van der Waals surface area contributed by atoms with E-state index in [9.17, 15) is 4.79 Å². The van der Waals surface area contributed by atoms with E-state index in [4.69, 9.17) is 5.73 Å². The van der Waals surface area contributed by atoms with Crippen LogP contribution in [0.2, 0.25) is 0 Å². The van der Waals surface area contributed by atoms with Crippen molar-refractivity contribution in [3.63, 3.8) is 0 Å². The van der Waals surface area contributed by atoms with Gasteiger partial charge in [0.1, 0.15) is 0 Å². The van der Waals surface area contributed by atoms with E-state index >= 15 is 0 Å². The van der Waals surface area contributed by atoms with E-state index in [1.165, 1.54) is 32.1 Å². The molecule has 1 amide bonds. The van der Waals surface area contributed by atoms with Crippen molar-refractivity contribution in [2.75, 3.05) is 13.1 Å². The number of nitrogens with zero attached hydrogens (tertiary/aromatic N) is 1. The highest BCUT2D eigenvalue weighted by Gasteiger charge is 2.34. The lowest BCUT2D eigenvalue weighted by molar-refractivity contribution is -0.133. The normalized spacial score (nSPS) is 27.7. The molecule has 0 bridgehead atoms. The van der Waals surface area contributed by atoms with Gasteiger partial charge in [-0.25, -0.2) is 0 Å². The van der Waals surface area contributed by atoms with Crippen molar-refractivity contribution in [2.45, 2.75) is 71.3 Å². The zero-order chi connectivity index (χ0) is 13.9. The molecule has 0 aromatic carbocycles. The molecule has 1 heterocycles. The maximum Gasteiger partial charge on any atom is 0.222 e. The number of carbonyl (C=O) groups is 1. The summed E-state index contributed by atoms with van der Waals surface area (Å²) in [6.07, 6.45) is 9.64. The molecule has 110 valence electrons. The summed E-state index contributed by atoms with van der Waals surface area (Å²) in [7, 11) is 0. The highest BCUT2D eigenvalue weighted by Crippen LogP contribution is 2.31. The van der Waals surface area contributed by atoms with Crippen molar-refractivity contribution in [1.82, 2.24) is 4.90 Å². The Labute approximate surface area is 117 Å². The number of carbonyl (C=O) groups excluding carboxylic acids is 1. The first-order chi connectivity index (χ1) is 8.99. The average Bonchev–Trinajstić information content (AvgIpc) is 2.85. The summed E-state index contributed by atoms with van der Waals surface area (Å²) in [4.78, 5) is 14.2. The second-order valence-electron chi connectivity index (χ2n) is 7.23. The molecule has 0 spiro atoms. The summed E-state index contributed by atoms with van der Waals surface area (Å²) in [6.45, 7) is 6.05. The minimum Gasteiger partial charge on any atom is -0.341 e. The molecule has 0 aromatic rings. The highest BCUT2D eigenvalue weighted by molar-refractivity contribution is 5.76. The van der Waals surface area contributed by atoms with Gasteiger partial charge in [0.15, 0.2) is 0 Å². The van der Waals surface area contributed by atoms with Crippen LogP contribution < -0.4 is 5.73 Å². The fraction of sp³-hybridized carbons (Fsp3) is 0.938. The highest BCUT2D eigenvalue weighted by atomic mass is 16.2. The van der Waals surface area contributed by atoms with Crippen LogP contribution in [0.25, 0.3) is 0 Å². The molecule has 1 aliphatic carbocycles. The predicted molar refractivity (Wildman–Crippen MR) is 78.8 cm³/mol. The van der Waals surface area contributed by atoms with Crippen LogP contribution in [-0.4, -0.2) is 29.9 Å². The molecule has 1 aliphatic heterocycles. The molecule has 2 fully saturated rings. The zero-order valence-corrected chi connectivity index (χ0v) is 12.7. The van der Waals surface area contributed by atoms with Gasteiger partial charge >= 0.3 is 0 Å². The van der Waals surface area contributed by atoms with E-state index in [0.29, 0.717) is 5.91 Å². The monoisotopic (exact) mass is 266 g/mol. The second kappa shape index (κ2) is 6.25. The van der Waals surface area contributed by atoms with Crippen LogP contribution >= 0.6 is 0 Å². The Bertz CT molecular complexity index is 308. The molecule has 1 saturated heterocycles. The van der Waals surface area contributed by atoms with E-state index < -0.39 is 0 Å². The van der Waals surface area contributed by atoms with Gasteiger partial charge in [0.05, 0.1) is 0 Å². The molecule has 3 heteroatoms. The maximum atomic E-state index is 12.2. The Morgan fingerprint density at radius 1 is 1.32 bits per heavy atom. The maximum absolute atomic E-state index is 12.2. The Morgan fingerprint density at radius 2 is 2.00 bits per heavy atom. The van der Waals surface area contributed by atoms with Crippen LogP contribution in [-0.2, 0) is 4.79 Å². The molecule has 0 radical (unpaired) electrons. The number of amides is 1. The minimum absolute atomic E-state index is 0.125. The fourth-order valence-electron chi connectivity index (χ4n) is 3.41. The minimum atomic E-state index is 0.125. The molecule has 2 N–H and O–H groups in total. The first-order valence-electron chi connectivity index (χ1n) is 8.02. The van der Waals surface area contributed by atoms with Gasteiger partial charge in [-0.1, -0.05) is 39.5 Å². The molecular formula is C16H30N2O. The Balaban J connectivity index is 1.68. The van der Waals surface area contributed by atoms with Crippen molar-refractivity contribution in [2.24, 2.45) is 17.1 Å². The Kier molecular flexibility index (Phi) is 4.88. The molecular weight excluding hydrogens is 236 g/mol. The fourth-order valence-corrected chi connectivity index (χ4v) is 3.41. The van der Waals surface area contributed by atoms with Gasteiger partial charge in [-0.05, 0) is 30.6 Å². The van der Waals surface area contributed by atoms with Crippen molar-refractivity contribution in [1.29, 1.82) is 0 Å². The molecule has 3 nitrogen and oxygen atoms in total. The van der Waals surface area contributed by atoms with E-state index in [0.717, 1.165) is 38.3 Å². The van der Waals surface area contributed by atoms with Gasteiger partial charge in [0, 0.05) is 25.6 Å². The van der Waals surface area contributed by atoms with Crippen LogP contribution in [0.1, 0.15) is 65.2 Å². The SMILES string of the molecule is CC1(C)CCN(C(=O)CCCC2CCCC2)CC1N. The molecule has 2 rings (SSSR count). The summed E-state index contributed by atoms with van der Waals surface area (Å²) >= 11 is 0. The largest absolute Gasteiger partial charge is 0.341 e. The third kappa shape index (κ3) is 3.95. The van der Waals surface area contributed by atoms with Crippen molar-refractivity contribution in [3.05, 3.63) is 0 Å². The van der Waals surface area contributed by atoms with Gasteiger partial charge in [0.2, 0.25) is 5.91 Å². The van der Waals surface area contributed by atoms with Crippen molar-refractivity contribution >= 4 is 5.91 Å². The van der Waals surface area contributed by atoms with Crippen LogP contribution in [0.15, 0.2) is 0 Å². The van der Waals surface area contributed by atoms with E-state index in [1.54, 1.807) is 0 Å². The van der Waals surface area contributed by atoms with Crippen molar-refractivity contribution in [3.8, 4) is 0 Å². The average molecular weight is 266 g/mol. The predicted octanol–water partition coefficient (Wildman–Crippen LogP) is 2.93. The van der Waals surface area contributed by atoms with E-state index in [1.807, 2.05) is 4.90 Å². The Morgan fingerprint density at radius 3 is 2.63 bits per heavy atom. The summed E-state index contributed by atoms with van der Waals surface area (Å²) in [5.74, 6) is 1.22. The number of hydrogen-bond donors (Lipinski definition) is 1. The number of likely N-dealkylation sites (tertiary alicyclic amines) is 1. The number of rotatable bonds is 4. The number of piperidine rings is 1. The molecule has 0 aromatic heterocycles. The standard InChI is InChI=1S/C16H30N2O/c1-16(2)10-11-18(12-14(16)17)15(19)9-5-8-13-6-3-4-7-13/h13-14H,3-12,17H2,1-2H3. The topological polar surface area (TPSA) is 46.3 Å². The Hall–Kier alpha value is -0.570. The second-order valence-corrected chi connectivity index (χ2v) is 7.23. The summed E-state index contributed by atoms with van der Waals surface area (Å²) in [5.41, 5.74) is 6.36. The van der Waals surface area contributed by atoms with Crippen molar-refractivity contribution < 1.29 is 4.79 Å². The van der Waals surface area contributed by atoms with Crippen LogP contribution in [0, 0.1) is 11.3 Å². The zero-order valence-electron chi connectivity index (χ0n) is 12.7. The first kappa shape index (κ1) is 14.8. The molecule has 1 unspecified atom stereocenters. The van der Waals surface area contributed by atoms with Gasteiger partial charge in [-0.3, -0.25) is 4.79 Å². The van der Waals surface area contributed by atoms with Gasteiger partial charge in [-0.15, -0.1) is 0 Å². The van der Waals surface area contributed by atoms with E-state index in [2.05, 4.69) is 13.8 Å². The van der Waals surface area contributed by atoms with Gasteiger partial charge in [0.25, 0.3) is 0 Å². The molecule has 1 saturated carbocycles. The molecule has 19 heavy (non-hydrogen) atoms. The van der Waals surface area contributed by atoms with Crippen LogP contribution in [0.5, 0.6) is 0 Å².